The zero-order valence-electron chi connectivity index (χ0n) is 19.0. The Balaban J connectivity index is 1.45. The summed E-state index contributed by atoms with van der Waals surface area (Å²) >= 11 is 0.673. The molecule has 0 aromatic carbocycles. The number of piperidine rings is 1. The predicted octanol–water partition coefficient (Wildman–Crippen LogP) is 4.22. The van der Waals surface area contributed by atoms with Crippen LogP contribution in [0.1, 0.15) is 52.6 Å². The number of aromatic nitrogens is 2. The third-order valence-electron chi connectivity index (χ3n) is 6.67. The van der Waals surface area contributed by atoms with Crippen LogP contribution in [0.15, 0.2) is 12.4 Å². The highest BCUT2D eigenvalue weighted by Gasteiger charge is 2.48. The monoisotopic (exact) mass is 527 g/mol. The van der Waals surface area contributed by atoms with Crippen molar-refractivity contribution in [2.24, 2.45) is 0 Å². The largest absolute Gasteiger partial charge is 0.425 e. The molecule has 0 amide bonds. The van der Waals surface area contributed by atoms with Crippen molar-refractivity contribution in [1.82, 2.24) is 14.7 Å². The Bertz CT molecular complexity index is 1040. The number of halogens is 6. The molecule has 35 heavy (non-hydrogen) atoms. The van der Waals surface area contributed by atoms with Crippen molar-refractivity contribution in [2.75, 3.05) is 13.2 Å². The molecule has 1 unspecified atom stereocenters. The second-order valence-electron chi connectivity index (χ2n) is 9.28. The molecule has 13 heteroatoms. The Morgan fingerprint density at radius 2 is 2.03 bits per heavy atom. The first-order valence-electron chi connectivity index (χ1n) is 11.3. The summed E-state index contributed by atoms with van der Waals surface area (Å²) in [5.74, 6) is 0. The van der Waals surface area contributed by atoms with Crippen molar-refractivity contribution in [3.05, 3.63) is 38.8 Å². The molecule has 3 atom stereocenters. The molecule has 0 aliphatic carbocycles. The third kappa shape index (κ3) is 5.68. The van der Waals surface area contributed by atoms with Gasteiger partial charge < -0.3 is 14.9 Å². The van der Waals surface area contributed by atoms with Crippen LogP contribution >= 0.6 is 11.3 Å². The van der Waals surface area contributed by atoms with Gasteiger partial charge in [-0.25, -0.2) is 0 Å². The van der Waals surface area contributed by atoms with Gasteiger partial charge in [0.05, 0.1) is 38.5 Å². The Labute approximate surface area is 202 Å². The second-order valence-corrected chi connectivity index (χ2v) is 10.3. The number of fused-ring (bicyclic) bond motifs is 2. The van der Waals surface area contributed by atoms with Crippen LogP contribution in [0.2, 0.25) is 0 Å². The third-order valence-corrected chi connectivity index (χ3v) is 8.17. The summed E-state index contributed by atoms with van der Waals surface area (Å²) in [5, 5.41) is 23.3. The van der Waals surface area contributed by atoms with Gasteiger partial charge in [-0.3, -0.25) is 9.58 Å². The summed E-state index contributed by atoms with van der Waals surface area (Å²) in [6.07, 6.45) is -7.50. The lowest BCUT2D eigenvalue weighted by molar-refractivity contribution is -0.154. The van der Waals surface area contributed by atoms with Gasteiger partial charge in [-0.2, -0.15) is 31.4 Å². The Morgan fingerprint density at radius 3 is 2.66 bits per heavy atom. The van der Waals surface area contributed by atoms with Gasteiger partial charge in [0, 0.05) is 41.3 Å². The number of rotatable bonds is 6. The second kappa shape index (κ2) is 9.66. The van der Waals surface area contributed by atoms with E-state index in [1.54, 1.807) is 6.20 Å². The number of aliphatic hydroxyl groups excluding tert-OH is 2. The van der Waals surface area contributed by atoms with Crippen LogP contribution in [-0.2, 0) is 42.6 Å². The van der Waals surface area contributed by atoms with Gasteiger partial charge in [0.2, 0.25) is 0 Å². The van der Waals surface area contributed by atoms with Crippen LogP contribution < -0.4 is 0 Å². The van der Waals surface area contributed by atoms with Crippen molar-refractivity contribution in [3.8, 4) is 0 Å². The zero-order valence-corrected chi connectivity index (χ0v) is 19.8. The molecule has 1 saturated heterocycles. The number of likely N-dealkylation sites (tertiary alicyclic amines) is 1. The van der Waals surface area contributed by atoms with Gasteiger partial charge in [-0.1, -0.05) is 0 Å². The number of nitrogens with zero attached hydrogens (tertiary/aromatic N) is 3. The highest BCUT2D eigenvalue weighted by atomic mass is 32.1. The minimum Gasteiger partial charge on any atom is -0.392 e. The Morgan fingerprint density at radius 1 is 1.29 bits per heavy atom. The molecule has 4 rings (SSSR count). The summed E-state index contributed by atoms with van der Waals surface area (Å²) in [6, 6.07) is -0.0529. The van der Waals surface area contributed by atoms with Gasteiger partial charge in [0.25, 0.3) is 0 Å². The molecule has 2 aromatic heterocycles. The summed E-state index contributed by atoms with van der Waals surface area (Å²) in [5.41, 5.74) is 0.425. The smallest absolute Gasteiger partial charge is 0.392 e. The average Bonchev–Trinajstić information content (AvgIpc) is 3.33. The van der Waals surface area contributed by atoms with E-state index in [-0.39, 0.29) is 24.8 Å². The van der Waals surface area contributed by atoms with Gasteiger partial charge in [0.15, 0.2) is 0 Å². The van der Waals surface area contributed by atoms with Crippen LogP contribution in [0.3, 0.4) is 0 Å². The van der Waals surface area contributed by atoms with Gasteiger partial charge in [-0.05, 0) is 31.7 Å². The molecule has 2 N–H and O–H groups in total. The van der Waals surface area contributed by atoms with Crippen molar-refractivity contribution in [1.29, 1.82) is 0 Å². The minimum atomic E-state index is -4.54. The van der Waals surface area contributed by atoms with Crippen molar-refractivity contribution >= 4 is 11.3 Å². The van der Waals surface area contributed by atoms with E-state index in [4.69, 9.17) is 4.74 Å². The van der Waals surface area contributed by atoms with E-state index in [2.05, 4.69) is 10.00 Å². The Hall–Kier alpha value is -1.67. The molecule has 1 fully saturated rings. The maximum absolute atomic E-state index is 13.6. The molecule has 2 aromatic rings. The molecule has 4 heterocycles. The molecule has 6 nitrogen and oxygen atoms in total. The SMILES string of the molecule is C[C@H]1C[C@@]2(CCN1Cc1cnn(CC(O)CC(F)(F)F)c1)OCCc1c2sc(C(F)(F)F)c1CO. The van der Waals surface area contributed by atoms with Crippen molar-refractivity contribution < 1.29 is 41.3 Å². The highest BCUT2D eigenvalue weighted by Crippen LogP contribution is 2.51. The highest BCUT2D eigenvalue weighted by molar-refractivity contribution is 7.12. The van der Waals surface area contributed by atoms with Crippen molar-refractivity contribution in [3.63, 3.8) is 0 Å². The topological polar surface area (TPSA) is 70.8 Å². The summed E-state index contributed by atoms with van der Waals surface area (Å²) in [4.78, 5) is 1.92. The van der Waals surface area contributed by atoms with E-state index in [9.17, 15) is 36.6 Å². The van der Waals surface area contributed by atoms with E-state index in [1.165, 1.54) is 10.9 Å². The lowest BCUT2D eigenvalue weighted by Gasteiger charge is -2.47. The van der Waals surface area contributed by atoms with Crippen LogP contribution in [-0.4, -0.2) is 56.4 Å². The molecular weight excluding hydrogens is 500 g/mol. The first-order valence-corrected chi connectivity index (χ1v) is 12.1. The first kappa shape index (κ1) is 26.4. The zero-order chi connectivity index (χ0) is 25.6. The maximum atomic E-state index is 13.6. The van der Waals surface area contributed by atoms with Crippen LogP contribution in [0.25, 0.3) is 0 Å². The number of aliphatic hydroxyl groups is 2. The first-order chi connectivity index (χ1) is 16.3. The fraction of sp³-hybridized carbons (Fsp3) is 0.682. The van der Waals surface area contributed by atoms with E-state index in [0.29, 0.717) is 54.1 Å². The normalized spacial score (nSPS) is 24.7. The maximum Gasteiger partial charge on any atom is 0.425 e. The van der Waals surface area contributed by atoms with Crippen molar-refractivity contribution in [2.45, 2.75) is 82.4 Å². The molecule has 0 saturated carbocycles. The summed E-state index contributed by atoms with van der Waals surface area (Å²) in [7, 11) is 0. The fourth-order valence-electron chi connectivity index (χ4n) is 5.14. The van der Waals surface area contributed by atoms with E-state index in [0.717, 1.165) is 5.56 Å². The molecule has 0 radical (unpaired) electrons. The van der Waals surface area contributed by atoms with E-state index < -0.39 is 42.0 Å². The average molecular weight is 528 g/mol. The fourth-order valence-corrected chi connectivity index (χ4v) is 6.55. The van der Waals surface area contributed by atoms with Gasteiger partial charge in [0.1, 0.15) is 10.5 Å². The molecule has 196 valence electrons. The lowest BCUT2D eigenvalue weighted by atomic mass is 9.81. The number of hydrogen-bond donors (Lipinski definition) is 2. The number of thiophene rings is 1. The lowest BCUT2D eigenvalue weighted by Crippen LogP contribution is -2.50. The van der Waals surface area contributed by atoms with E-state index >= 15 is 0 Å². The van der Waals surface area contributed by atoms with E-state index in [1.807, 2.05) is 6.92 Å². The molecule has 2 aliphatic heterocycles. The summed E-state index contributed by atoms with van der Waals surface area (Å²) in [6.45, 7) is 2.30. The molecule has 0 bridgehead atoms. The van der Waals surface area contributed by atoms with Gasteiger partial charge in [-0.15, -0.1) is 11.3 Å². The van der Waals surface area contributed by atoms with Crippen LogP contribution in [0.4, 0.5) is 26.3 Å². The molecule has 2 aliphatic rings. The number of hydrogen-bond acceptors (Lipinski definition) is 6. The number of alkyl halides is 6. The minimum absolute atomic E-state index is 0.0459. The quantitative estimate of drug-likeness (QED) is 0.551. The standard InChI is InChI=1S/C22H27F6N3O3S/c1-13-6-20(18-16(2-5-34-20)17(12-32)19(35-18)22(26,27)28)3-4-30(13)9-14-8-29-31(10-14)11-15(33)7-21(23,24)25/h8,10,13,15,32-33H,2-7,9,11-12H2,1H3/t13-,15?,20+/m0/s1. The Kier molecular flexibility index (Phi) is 7.28. The van der Waals surface area contributed by atoms with Gasteiger partial charge >= 0.3 is 12.4 Å². The number of ether oxygens (including phenoxy) is 1. The van der Waals surface area contributed by atoms with Crippen LogP contribution in [0.5, 0.6) is 0 Å². The predicted molar refractivity (Wildman–Crippen MR) is 115 cm³/mol. The summed E-state index contributed by atoms with van der Waals surface area (Å²) < 4.78 is 85.5. The molecule has 1 spiro atoms. The van der Waals surface area contributed by atoms with Crippen LogP contribution in [0, 0.1) is 0 Å². The molecular formula is C22H27F6N3O3S.